The Kier molecular flexibility index (Phi) is 8.12. The lowest BCUT2D eigenvalue weighted by Gasteiger charge is -2.28. The van der Waals surface area contributed by atoms with Gasteiger partial charge in [-0.3, -0.25) is 14.4 Å². The van der Waals surface area contributed by atoms with Crippen molar-refractivity contribution in [2.24, 2.45) is 0 Å². The number of amides is 2. The molecule has 1 fully saturated rings. The fourth-order valence-electron chi connectivity index (χ4n) is 4.13. The predicted octanol–water partition coefficient (Wildman–Crippen LogP) is 2.54. The first-order chi connectivity index (χ1) is 17.4. The summed E-state index contributed by atoms with van der Waals surface area (Å²) < 4.78 is 5.39. The smallest absolute Gasteiger partial charge is 0.316 e. The summed E-state index contributed by atoms with van der Waals surface area (Å²) in [6.07, 6.45) is 2.23. The van der Waals surface area contributed by atoms with Crippen LogP contribution in [0.2, 0.25) is 0 Å². The molecule has 2 aromatic carbocycles. The van der Waals surface area contributed by atoms with Crippen LogP contribution in [-0.4, -0.2) is 57.1 Å². The third-order valence-electron chi connectivity index (χ3n) is 6.25. The minimum Gasteiger partial charge on any atom is -0.481 e. The van der Waals surface area contributed by atoms with Gasteiger partial charge in [0.2, 0.25) is 11.8 Å². The van der Waals surface area contributed by atoms with E-state index in [1.165, 1.54) is 6.26 Å². The predicted molar refractivity (Wildman–Crippen MR) is 130 cm³/mol. The van der Waals surface area contributed by atoms with Gasteiger partial charge in [0.05, 0.1) is 12.5 Å². The maximum Gasteiger partial charge on any atom is 0.316 e. The van der Waals surface area contributed by atoms with Gasteiger partial charge in [-0.2, -0.15) is 0 Å². The molecule has 1 atom stereocenters. The number of nitrogens with one attached hydrogen (secondary N) is 1. The number of carbonyl (C=O) groups is 3. The van der Waals surface area contributed by atoms with Gasteiger partial charge >= 0.3 is 5.97 Å². The van der Waals surface area contributed by atoms with Gasteiger partial charge in [0, 0.05) is 19.6 Å². The van der Waals surface area contributed by atoms with E-state index in [9.17, 15) is 24.6 Å². The third-order valence-corrected chi connectivity index (χ3v) is 6.25. The van der Waals surface area contributed by atoms with Crippen molar-refractivity contribution < 1.29 is 29.0 Å². The van der Waals surface area contributed by atoms with Gasteiger partial charge in [0.25, 0.3) is 5.91 Å². The van der Waals surface area contributed by atoms with Crippen molar-refractivity contribution in [3.05, 3.63) is 89.1 Å². The van der Waals surface area contributed by atoms with E-state index in [0.29, 0.717) is 38.9 Å². The maximum atomic E-state index is 12.7. The molecule has 9 heteroatoms. The summed E-state index contributed by atoms with van der Waals surface area (Å²) in [6.45, 7) is 1.21. The Balaban J connectivity index is 1.33. The number of carbonyl (C=O) groups excluding carboxylic acids is 2. The van der Waals surface area contributed by atoms with Crippen LogP contribution in [0, 0.1) is 0 Å². The molecule has 36 heavy (non-hydrogen) atoms. The van der Waals surface area contributed by atoms with Crippen LogP contribution in [-0.2, 0) is 29.0 Å². The Morgan fingerprint density at radius 1 is 1.00 bits per heavy atom. The van der Waals surface area contributed by atoms with E-state index in [1.54, 1.807) is 4.90 Å². The molecule has 1 saturated heterocycles. The van der Waals surface area contributed by atoms with Gasteiger partial charge in [-0.1, -0.05) is 54.6 Å². The van der Waals surface area contributed by atoms with Gasteiger partial charge in [-0.05, 0) is 36.0 Å². The highest BCUT2D eigenvalue weighted by Crippen LogP contribution is 2.23. The molecule has 0 radical (unpaired) electrons. The number of hydrogen-bond donors (Lipinski definition) is 3. The van der Waals surface area contributed by atoms with Gasteiger partial charge in [-0.25, -0.2) is 4.98 Å². The highest BCUT2D eigenvalue weighted by atomic mass is 16.4. The minimum absolute atomic E-state index is 0.0276. The van der Waals surface area contributed by atoms with Gasteiger partial charge < -0.3 is 24.8 Å². The second-order valence-corrected chi connectivity index (χ2v) is 8.94. The fourth-order valence-corrected chi connectivity index (χ4v) is 4.13. The maximum absolute atomic E-state index is 12.7. The fraction of sp³-hybridized carbons (Fsp3) is 0.333. The average Bonchev–Trinajstić information content (AvgIpc) is 3.37. The number of aliphatic carboxylic acids is 1. The van der Waals surface area contributed by atoms with Crippen LogP contribution >= 0.6 is 0 Å². The number of hydrogen-bond acceptors (Lipinski definition) is 6. The molecular formula is C27H29N3O6. The largest absolute Gasteiger partial charge is 0.481 e. The molecule has 0 saturated carbocycles. The van der Waals surface area contributed by atoms with E-state index in [4.69, 9.17) is 4.42 Å². The van der Waals surface area contributed by atoms with E-state index in [0.717, 1.165) is 16.7 Å². The molecule has 1 aromatic heterocycles. The van der Waals surface area contributed by atoms with Crippen molar-refractivity contribution in [3.63, 3.8) is 0 Å². The molecule has 1 aliphatic heterocycles. The molecule has 3 aromatic rings. The number of benzene rings is 2. The van der Waals surface area contributed by atoms with Crippen LogP contribution < -0.4 is 5.32 Å². The molecule has 0 spiro atoms. The molecule has 2 heterocycles. The Bertz CT molecular complexity index is 1180. The Hall–Kier alpha value is -3.98. The van der Waals surface area contributed by atoms with Crippen molar-refractivity contribution >= 4 is 17.8 Å². The number of aliphatic hydroxyl groups excluding tert-OH is 1. The van der Waals surface area contributed by atoms with Crippen molar-refractivity contribution in [2.75, 3.05) is 13.1 Å². The first-order valence-corrected chi connectivity index (χ1v) is 11.9. The topological polar surface area (TPSA) is 133 Å². The van der Waals surface area contributed by atoms with E-state index < -0.39 is 18.0 Å². The number of rotatable bonds is 9. The zero-order chi connectivity index (χ0) is 25.5. The summed E-state index contributed by atoms with van der Waals surface area (Å²) in [6, 6.07) is 16.8. The van der Waals surface area contributed by atoms with Crippen LogP contribution in [0.15, 0.2) is 65.3 Å². The lowest BCUT2D eigenvalue weighted by Crippen LogP contribution is -2.40. The van der Waals surface area contributed by atoms with Crippen LogP contribution in [0.1, 0.15) is 51.8 Å². The second kappa shape index (κ2) is 11.6. The molecule has 188 valence electrons. The van der Waals surface area contributed by atoms with Crippen molar-refractivity contribution in [1.82, 2.24) is 15.2 Å². The van der Waals surface area contributed by atoms with Crippen LogP contribution in [0.4, 0.5) is 0 Å². The highest BCUT2D eigenvalue weighted by Gasteiger charge is 2.29. The number of carboxylic acid groups (broad SMARTS) is 1. The Morgan fingerprint density at radius 2 is 1.67 bits per heavy atom. The van der Waals surface area contributed by atoms with Crippen molar-refractivity contribution in [2.45, 2.75) is 44.2 Å². The standard InChI is InChI=1S/C27H29N3O6/c31-21-10-12-30(13-11-21)26(33)23-17-36-25(29-23)22(27(34)35)14-19-6-8-20(9-7-19)16-28-24(32)15-18-4-2-1-3-5-18/h1-9,17,21-22,31H,10-16H2,(H,28,32)(H,34,35). The summed E-state index contributed by atoms with van der Waals surface area (Å²) in [4.78, 5) is 42.5. The molecule has 0 aliphatic carbocycles. The van der Waals surface area contributed by atoms with Crippen molar-refractivity contribution in [1.29, 1.82) is 0 Å². The normalized spacial score (nSPS) is 14.9. The Morgan fingerprint density at radius 3 is 2.33 bits per heavy atom. The first kappa shape index (κ1) is 25.1. The quantitative estimate of drug-likeness (QED) is 0.419. The summed E-state index contributed by atoms with van der Waals surface area (Å²) >= 11 is 0. The number of likely N-dealkylation sites (tertiary alicyclic amines) is 1. The number of aromatic nitrogens is 1. The summed E-state index contributed by atoms with van der Waals surface area (Å²) in [7, 11) is 0. The molecule has 3 N–H and O–H groups in total. The first-order valence-electron chi connectivity index (χ1n) is 11.9. The third kappa shape index (κ3) is 6.57. The number of carboxylic acids is 1. The zero-order valence-electron chi connectivity index (χ0n) is 19.8. The average molecular weight is 492 g/mol. The molecule has 9 nitrogen and oxygen atoms in total. The SMILES string of the molecule is O=C(Cc1ccccc1)NCc1ccc(CC(C(=O)O)c2nc(C(=O)N3CCC(O)CC3)co2)cc1. The molecule has 0 bridgehead atoms. The van der Waals surface area contributed by atoms with Gasteiger partial charge in [-0.15, -0.1) is 0 Å². The summed E-state index contributed by atoms with van der Waals surface area (Å²) in [5, 5.41) is 22.3. The minimum atomic E-state index is -1.10. The van der Waals surface area contributed by atoms with E-state index in [1.807, 2.05) is 54.6 Å². The lowest BCUT2D eigenvalue weighted by molar-refractivity contribution is -0.139. The zero-order valence-corrected chi connectivity index (χ0v) is 19.8. The summed E-state index contributed by atoms with van der Waals surface area (Å²) in [5.41, 5.74) is 2.66. The lowest BCUT2D eigenvalue weighted by atomic mass is 9.98. The monoisotopic (exact) mass is 491 g/mol. The number of nitrogens with zero attached hydrogens (tertiary/aromatic N) is 2. The highest BCUT2D eigenvalue weighted by molar-refractivity contribution is 5.92. The number of piperidine rings is 1. The Labute approximate surface area is 208 Å². The molecule has 2 amide bonds. The number of oxazole rings is 1. The van der Waals surface area contributed by atoms with E-state index >= 15 is 0 Å². The number of aliphatic hydroxyl groups is 1. The molecule has 1 unspecified atom stereocenters. The summed E-state index contributed by atoms with van der Waals surface area (Å²) in [5.74, 6) is -2.59. The second-order valence-electron chi connectivity index (χ2n) is 8.94. The van der Waals surface area contributed by atoms with E-state index in [2.05, 4.69) is 10.3 Å². The van der Waals surface area contributed by atoms with Crippen molar-refractivity contribution in [3.8, 4) is 0 Å². The van der Waals surface area contributed by atoms with Gasteiger partial charge in [0.1, 0.15) is 12.2 Å². The van der Waals surface area contributed by atoms with E-state index in [-0.39, 0.29) is 29.8 Å². The van der Waals surface area contributed by atoms with Crippen LogP contribution in [0.3, 0.4) is 0 Å². The van der Waals surface area contributed by atoms with Crippen LogP contribution in [0.5, 0.6) is 0 Å². The molecular weight excluding hydrogens is 462 g/mol. The van der Waals surface area contributed by atoms with Crippen LogP contribution in [0.25, 0.3) is 0 Å². The molecule has 4 rings (SSSR count). The van der Waals surface area contributed by atoms with Gasteiger partial charge in [0.15, 0.2) is 5.69 Å². The molecule has 1 aliphatic rings.